The van der Waals surface area contributed by atoms with Gasteiger partial charge in [0.1, 0.15) is 0 Å². The summed E-state index contributed by atoms with van der Waals surface area (Å²) in [5, 5.41) is 0. The van der Waals surface area contributed by atoms with E-state index in [0.29, 0.717) is 12.3 Å². The molecule has 1 aromatic carbocycles. The van der Waals surface area contributed by atoms with Crippen molar-refractivity contribution < 1.29 is 9.53 Å². The zero-order valence-corrected chi connectivity index (χ0v) is 12.5. The maximum Gasteiger partial charge on any atom is 0.309 e. The molecular weight excluding hydrogens is 238 g/mol. The van der Waals surface area contributed by atoms with Gasteiger partial charge in [-0.3, -0.25) is 9.69 Å². The first-order valence-corrected chi connectivity index (χ1v) is 6.92. The molecule has 0 heterocycles. The molecule has 19 heavy (non-hydrogen) atoms. The highest BCUT2D eigenvalue weighted by Crippen LogP contribution is 2.14. The number of methoxy groups -OCH3 is 1. The molecule has 0 fully saturated rings. The quantitative estimate of drug-likeness (QED) is 0.708. The van der Waals surface area contributed by atoms with Gasteiger partial charge in [0.25, 0.3) is 0 Å². The van der Waals surface area contributed by atoms with Crippen molar-refractivity contribution >= 4 is 5.97 Å². The van der Waals surface area contributed by atoms with Gasteiger partial charge in [-0.05, 0) is 23.6 Å². The number of esters is 1. The van der Waals surface area contributed by atoms with Crippen molar-refractivity contribution in [1.82, 2.24) is 4.90 Å². The molecule has 0 atom stereocenters. The molecule has 0 amide bonds. The average Bonchev–Trinajstić information content (AvgIpc) is 2.39. The number of nitrogens with zero attached hydrogens (tertiary/aromatic N) is 1. The lowest BCUT2D eigenvalue weighted by atomic mass is 10.0. The first-order chi connectivity index (χ1) is 9.06. The fraction of sp³-hybridized carbons (Fsp3) is 0.562. The summed E-state index contributed by atoms with van der Waals surface area (Å²) < 4.78 is 4.75. The van der Waals surface area contributed by atoms with E-state index in [1.807, 2.05) is 18.2 Å². The van der Waals surface area contributed by atoms with E-state index in [4.69, 9.17) is 4.74 Å². The number of carbonyl (C=O) groups is 1. The Hall–Kier alpha value is -1.35. The molecule has 0 bridgehead atoms. The number of ether oxygens (including phenoxy) is 1. The van der Waals surface area contributed by atoms with Crippen LogP contribution in [0.4, 0.5) is 0 Å². The molecule has 1 rings (SSSR count). The van der Waals surface area contributed by atoms with Crippen molar-refractivity contribution in [3.8, 4) is 0 Å². The smallest absolute Gasteiger partial charge is 0.309 e. The van der Waals surface area contributed by atoms with Crippen molar-refractivity contribution in [3.05, 3.63) is 35.4 Å². The molecule has 0 aliphatic carbocycles. The van der Waals surface area contributed by atoms with Gasteiger partial charge in [0, 0.05) is 13.1 Å². The highest BCUT2D eigenvalue weighted by molar-refractivity contribution is 5.72. The molecule has 0 aromatic heterocycles. The highest BCUT2D eigenvalue weighted by Gasteiger charge is 2.11. The second-order valence-corrected chi connectivity index (χ2v) is 5.24. The minimum Gasteiger partial charge on any atom is -0.469 e. The molecule has 0 spiro atoms. The minimum atomic E-state index is -0.181. The fourth-order valence-electron chi connectivity index (χ4n) is 2.17. The van der Waals surface area contributed by atoms with Gasteiger partial charge in [-0.1, -0.05) is 45.0 Å². The van der Waals surface area contributed by atoms with Gasteiger partial charge >= 0.3 is 5.97 Å². The molecule has 0 aliphatic rings. The molecule has 0 radical (unpaired) electrons. The molecule has 0 saturated heterocycles. The van der Waals surface area contributed by atoms with Crippen molar-refractivity contribution in [2.75, 3.05) is 20.2 Å². The van der Waals surface area contributed by atoms with E-state index in [-0.39, 0.29) is 5.97 Å². The Kier molecular flexibility index (Phi) is 6.57. The molecular formula is C16H25NO2. The van der Waals surface area contributed by atoms with E-state index >= 15 is 0 Å². The van der Waals surface area contributed by atoms with Crippen LogP contribution in [0.3, 0.4) is 0 Å². The molecule has 0 unspecified atom stereocenters. The predicted octanol–water partition coefficient (Wildman–Crippen LogP) is 2.88. The first kappa shape index (κ1) is 15.7. The van der Waals surface area contributed by atoms with Gasteiger partial charge in [-0.2, -0.15) is 0 Å². The lowest BCUT2D eigenvalue weighted by molar-refractivity contribution is -0.139. The van der Waals surface area contributed by atoms with Gasteiger partial charge < -0.3 is 4.74 Å². The van der Waals surface area contributed by atoms with Crippen LogP contribution >= 0.6 is 0 Å². The molecule has 3 heteroatoms. The Morgan fingerprint density at radius 1 is 1.26 bits per heavy atom. The Bertz CT molecular complexity index is 401. The summed E-state index contributed by atoms with van der Waals surface area (Å²) >= 11 is 0. The number of hydrogen-bond donors (Lipinski definition) is 0. The van der Waals surface area contributed by atoms with E-state index < -0.39 is 0 Å². The molecule has 0 aliphatic heterocycles. The van der Waals surface area contributed by atoms with Crippen LogP contribution in [0.15, 0.2) is 24.3 Å². The van der Waals surface area contributed by atoms with E-state index in [1.54, 1.807) is 0 Å². The summed E-state index contributed by atoms with van der Waals surface area (Å²) in [7, 11) is 1.43. The van der Waals surface area contributed by atoms with Crippen LogP contribution in [0.25, 0.3) is 0 Å². The number of rotatable bonds is 7. The van der Waals surface area contributed by atoms with Gasteiger partial charge in [-0.25, -0.2) is 0 Å². The third-order valence-corrected chi connectivity index (χ3v) is 3.15. The number of benzene rings is 1. The van der Waals surface area contributed by atoms with E-state index in [1.165, 1.54) is 12.7 Å². The van der Waals surface area contributed by atoms with E-state index in [2.05, 4.69) is 31.7 Å². The standard InChI is InChI=1S/C16H25NO2/c1-5-17(11-13(2)3)12-15-9-7-6-8-14(15)10-16(18)19-4/h6-9,13H,5,10-12H2,1-4H3. The second kappa shape index (κ2) is 7.95. The summed E-state index contributed by atoms with van der Waals surface area (Å²) in [4.78, 5) is 13.8. The largest absolute Gasteiger partial charge is 0.469 e. The SMILES string of the molecule is CCN(Cc1ccccc1CC(=O)OC)CC(C)C. The van der Waals surface area contributed by atoms with Crippen LogP contribution in [0.5, 0.6) is 0 Å². The third-order valence-electron chi connectivity index (χ3n) is 3.15. The lowest BCUT2D eigenvalue weighted by Gasteiger charge is -2.23. The molecule has 3 nitrogen and oxygen atoms in total. The zero-order valence-electron chi connectivity index (χ0n) is 12.5. The molecule has 0 N–H and O–H groups in total. The van der Waals surface area contributed by atoms with Crippen molar-refractivity contribution in [3.63, 3.8) is 0 Å². The first-order valence-electron chi connectivity index (χ1n) is 6.92. The van der Waals surface area contributed by atoms with Crippen LogP contribution in [-0.4, -0.2) is 31.1 Å². The molecule has 0 saturated carbocycles. The maximum absolute atomic E-state index is 11.4. The van der Waals surface area contributed by atoms with Gasteiger partial charge in [-0.15, -0.1) is 0 Å². The van der Waals surface area contributed by atoms with Crippen LogP contribution < -0.4 is 0 Å². The monoisotopic (exact) mass is 263 g/mol. The van der Waals surface area contributed by atoms with Crippen LogP contribution in [0.2, 0.25) is 0 Å². The van der Waals surface area contributed by atoms with Crippen molar-refractivity contribution in [2.45, 2.75) is 33.7 Å². The van der Waals surface area contributed by atoms with E-state index in [0.717, 1.165) is 25.2 Å². The Morgan fingerprint density at radius 3 is 2.42 bits per heavy atom. The second-order valence-electron chi connectivity index (χ2n) is 5.24. The predicted molar refractivity (Wildman–Crippen MR) is 78.0 cm³/mol. The van der Waals surface area contributed by atoms with Crippen LogP contribution in [0.1, 0.15) is 31.9 Å². The van der Waals surface area contributed by atoms with Crippen molar-refractivity contribution in [1.29, 1.82) is 0 Å². The zero-order chi connectivity index (χ0) is 14.3. The molecule has 106 valence electrons. The van der Waals surface area contributed by atoms with Crippen LogP contribution in [0, 0.1) is 5.92 Å². The topological polar surface area (TPSA) is 29.5 Å². The lowest BCUT2D eigenvalue weighted by Crippen LogP contribution is -2.27. The normalized spacial score (nSPS) is 11.1. The Balaban J connectivity index is 2.78. The third kappa shape index (κ3) is 5.43. The molecule has 1 aromatic rings. The summed E-state index contributed by atoms with van der Waals surface area (Å²) in [5.41, 5.74) is 2.28. The van der Waals surface area contributed by atoms with Crippen molar-refractivity contribution in [2.24, 2.45) is 5.92 Å². The van der Waals surface area contributed by atoms with Crippen LogP contribution in [-0.2, 0) is 22.5 Å². The average molecular weight is 263 g/mol. The Labute approximate surface area is 116 Å². The minimum absolute atomic E-state index is 0.181. The maximum atomic E-state index is 11.4. The van der Waals surface area contributed by atoms with E-state index in [9.17, 15) is 4.79 Å². The highest BCUT2D eigenvalue weighted by atomic mass is 16.5. The number of hydrogen-bond acceptors (Lipinski definition) is 3. The van der Waals surface area contributed by atoms with Gasteiger partial charge in [0.05, 0.1) is 13.5 Å². The number of carbonyl (C=O) groups excluding carboxylic acids is 1. The summed E-state index contributed by atoms with van der Waals surface area (Å²) in [6.45, 7) is 9.60. The van der Waals surface area contributed by atoms with Gasteiger partial charge in [0.15, 0.2) is 0 Å². The van der Waals surface area contributed by atoms with Gasteiger partial charge in [0.2, 0.25) is 0 Å². The summed E-state index contributed by atoms with van der Waals surface area (Å²) in [5.74, 6) is 0.465. The summed E-state index contributed by atoms with van der Waals surface area (Å²) in [6, 6.07) is 8.11. The Morgan fingerprint density at radius 2 is 1.89 bits per heavy atom. The summed E-state index contributed by atoms with van der Waals surface area (Å²) in [6.07, 6.45) is 0.353. The fourth-order valence-corrected chi connectivity index (χ4v) is 2.17.